The number of carboxylic acids is 3. The average Bonchev–Trinajstić information content (AvgIpc) is 2.78. The summed E-state index contributed by atoms with van der Waals surface area (Å²) in [6.07, 6.45) is 0. The zero-order valence-corrected chi connectivity index (χ0v) is 16.2. The molecule has 0 spiro atoms. The molecule has 0 heterocycles. The molecule has 11 heteroatoms. The predicted octanol–water partition coefficient (Wildman–Crippen LogP) is 0.588. The molecular formula is C20H22O11. The standard InChI is InChI=1S/C10H10O5.C8H6O4.C2H6O2/c11-5-6-15-10(14)8-3-1-7(2-4-8)9(12)13;9-7(10)5-1-2-6(4-3-5)8(11)12;3-1-2-4/h1-4,11H,5-6H2,(H,12,13);1-4H,(H,9,10)(H,11,12);3-4H,1-2H2. The number of rotatable bonds is 7. The molecule has 0 atom stereocenters. The number of aromatic carboxylic acids is 3. The summed E-state index contributed by atoms with van der Waals surface area (Å²) in [5, 5.41) is 49.2. The van der Waals surface area contributed by atoms with Gasteiger partial charge in [0.2, 0.25) is 0 Å². The molecule has 0 aliphatic carbocycles. The maximum atomic E-state index is 11.2. The van der Waals surface area contributed by atoms with Crippen molar-refractivity contribution in [2.75, 3.05) is 26.4 Å². The first-order valence-corrected chi connectivity index (χ1v) is 8.57. The lowest BCUT2D eigenvalue weighted by Crippen LogP contribution is -2.09. The van der Waals surface area contributed by atoms with Crippen LogP contribution in [0.2, 0.25) is 0 Å². The fraction of sp³-hybridized carbons (Fsp3) is 0.200. The second kappa shape index (κ2) is 15.1. The van der Waals surface area contributed by atoms with Gasteiger partial charge in [0.1, 0.15) is 6.61 Å². The number of carbonyl (C=O) groups excluding carboxylic acids is 1. The van der Waals surface area contributed by atoms with E-state index < -0.39 is 23.9 Å². The second-order valence-electron chi connectivity index (χ2n) is 5.38. The van der Waals surface area contributed by atoms with Crippen molar-refractivity contribution in [3.63, 3.8) is 0 Å². The maximum absolute atomic E-state index is 11.2. The molecule has 0 radical (unpaired) electrons. The first kappa shape index (κ1) is 27.2. The Morgan fingerprint density at radius 1 is 0.548 bits per heavy atom. The van der Waals surface area contributed by atoms with Crippen LogP contribution in [-0.2, 0) is 4.74 Å². The molecule has 31 heavy (non-hydrogen) atoms. The summed E-state index contributed by atoms with van der Waals surface area (Å²) in [4.78, 5) is 42.4. The number of benzene rings is 2. The van der Waals surface area contributed by atoms with Gasteiger partial charge in [0, 0.05) is 0 Å². The van der Waals surface area contributed by atoms with Crippen LogP contribution in [0.1, 0.15) is 41.4 Å². The van der Waals surface area contributed by atoms with Gasteiger partial charge in [-0.1, -0.05) is 0 Å². The maximum Gasteiger partial charge on any atom is 0.338 e. The molecule has 2 aromatic rings. The van der Waals surface area contributed by atoms with Crippen molar-refractivity contribution >= 4 is 23.9 Å². The summed E-state index contributed by atoms with van der Waals surface area (Å²) in [5.41, 5.74) is 0.530. The minimum Gasteiger partial charge on any atom is -0.478 e. The van der Waals surface area contributed by atoms with E-state index in [1.165, 1.54) is 48.5 Å². The molecule has 2 rings (SSSR count). The molecular weight excluding hydrogens is 416 g/mol. The largest absolute Gasteiger partial charge is 0.478 e. The Balaban J connectivity index is 0.000000504. The smallest absolute Gasteiger partial charge is 0.338 e. The number of aliphatic hydroxyl groups excluding tert-OH is 3. The van der Waals surface area contributed by atoms with Crippen molar-refractivity contribution in [2.45, 2.75) is 0 Å². The quantitative estimate of drug-likeness (QED) is 0.331. The third-order valence-corrected chi connectivity index (χ3v) is 3.17. The van der Waals surface area contributed by atoms with Crippen molar-refractivity contribution in [2.24, 2.45) is 0 Å². The number of hydrogen-bond donors (Lipinski definition) is 6. The van der Waals surface area contributed by atoms with Crippen LogP contribution >= 0.6 is 0 Å². The van der Waals surface area contributed by atoms with Crippen LogP contribution in [0.3, 0.4) is 0 Å². The van der Waals surface area contributed by atoms with Gasteiger partial charge in [-0.25, -0.2) is 19.2 Å². The molecule has 11 nitrogen and oxygen atoms in total. The highest BCUT2D eigenvalue weighted by atomic mass is 16.5. The summed E-state index contributed by atoms with van der Waals surface area (Å²) >= 11 is 0. The monoisotopic (exact) mass is 438 g/mol. The fourth-order valence-electron chi connectivity index (χ4n) is 1.73. The lowest BCUT2D eigenvalue weighted by molar-refractivity contribution is 0.0432. The van der Waals surface area contributed by atoms with Crippen molar-refractivity contribution in [3.05, 3.63) is 70.8 Å². The number of ether oxygens (including phenoxy) is 1. The van der Waals surface area contributed by atoms with E-state index in [0.29, 0.717) is 0 Å². The van der Waals surface area contributed by atoms with E-state index in [1.807, 2.05) is 0 Å². The van der Waals surface area contributed by atoms with Crippen LogP contribution in [0, 0.1) is 0 Å². The van der Waals surface area contributed by atoms with E-state index in [0.717, 1.165) is 0 Å². The molecule has 0 unspecified atom stereocenters. The van der Waals surface area contributed by atoms with Gasteiger partial charge < -0.3 is 35.4 Å². The fourth-order valence-corrected chi connectivity index (χ4v) is 1.73. The predicted molar refractivity (Wildman–Crippen MR) is 105 cm³/mol. The summed E-state index contributed by atoms with van der Waals surface area (Å²) in [5.74, 6) is -3.76. The molecule has 0 amide bonds. The normalized spacial score (nSPS) is 9.26. The highest BCUT2D eigenvalue weighted by molar-refractivity contribution is 5.92. The minimum absolute atomic E-state index is 0.0699. The van der Waals surface area contributed by atoms with Crippen molar-refractivity contribution in [1.29, 1.82) is 0 Å². The number of carbonyl (C=O) groups is 4. The van der Waals surface area contributed by atoms with Crippen molar-refractivity contribution in [1.82, 2.24) is 0 Å². The average molecular weight is 438 g/mol. The van der Waals surface area contributed by atoms with Crippen LogP contribution in [0.4, 0.5) is 0 Å². The number of esters is 1. The first-order chi connectivity index (χ1) is 14.7. The third kappa shape index (κ3) is 11.1. The molecule has 0 bridgehead atoms. The highest BCUT2D eigenvalue weighted by Crippen LogP contribution is 2.06. The number of hydrogen-bond acceptors (Lipinski definition) is 8. The van der Waals surface area contributed by atoms with Gasteiger partial charge in [-0.15, -0.1) is 0 Å². The Bertz CT molecular complexity index is 807. The molecule has 0 aliphatic rings. The van der Waals surface area contributed by atoms with Gasteiger partial charge in [0.25, 0.3) is 0 Å². The van der Waals surface area contributed by atoms with Crippen molar-refractivity contribution < 1.29 is 54.6 Å². The molecule has 2 aromatic carbocycles. The van der Waals surface area contributed by atoms with Gasteiger partial charge in [-0.3, -0.25) is 0 Å². The van der Waals surface area contributed by atoms with E-state index in [2.05, 4.69) is 4.74 Å². The van der Waals surface area contributed by atoms with Crippen molar-refractivity contribution in [3.8, 4) is 0 Å². The highest BCUT2D eigenvalue weighted by Gasteiger charge is 2.08. The minimum atomic E-state index is -1.06. The van der Waals surface area contributed by atoms with Gasteiger partial charge in [-0.05, 0) is 48.5 Å². The Labute approximate surface area is 176 Å². The lowest BCUT2D eigenvalue weighted by Gasteiger charge is -2.02. The van der Waals surface area contributed by atoms with Crippen LogP contribution < -0.4 is 0 Å². The summed E-state index contributed by atoms with van der Waals surface area (Å²) in [6.45, 7) is -0.557. The summed E-state index contributed by atoms with van der Waals surface area (Å²) in [6, 6.07) is 10.4. The van der Waals surface area contributed by atoms with Crippen LogP contribution in [-0.4, -0.2) is 80.9 Å². The second-order valence-corrected chi connectivity index (χ2v) is 5.38. The van der Waals surface area contributed by atoms with E-state index in [-0.39, 0.29) is 48.7 Å². The topological polar surface area (TPSA) is 199 Å². The van der Waals surface area contributed by atoms with Gasteiger partial charge in [0.15, 0.2) is 0 Å². The van der Waals surface area contributed by atoms with Gasteiger partial charge in [-0.2, -0.15) is 0 Å². The van der Waals surface area contributed by atoms with Gasteiger partial charge in [0.05, 0.1) is 42.1 Å². The Morgan fingerprint density at radius 3 is 1.06 bits per heavy atom. The van der Waals surface area contributed by atoms with Crippen LogP contribution in [0.25, 0.3) is 0 Å². The van der Waals surface area contributed by atoms with Gasteiger partial charge >= 0.3 is 23.9 Å². The molecule has 168 valence electrons. The first-order valence-electron chi connectivity index (χ1n) is 8.57. The molecule has 6 N–H and O–H groups in total. The number of aliphatic hydroxyl groups is 3. The molecule has 0 fully saturated rings. The zero-order chi connectivity index (χ0) is 23.8. The van der Waals surface area contributed by atoms with E-state index in [9.17, 15) is 19.2 Å². The molecule has 0 aliphatic heterocycles. The van der Waals surface area contributed by atoms with E-state index >= 15 is 0 Å². The zero-order valence-electron chi connectivity index (χ0n) is 16.2. The molecule has 0 aromatic heterocycles. The Hall–Kier alpha value is -3.80. The van der Waals surface area contributed by atoms with E-state index in [1.54, 1.807) is 0 Å². The summed E-state index contributed by atoms with van der Waals surface area (Å²) < 4.78 is 4.64. The molecule has 0 saturated heterocycles. The lowest BCUT2D eigenvalue weighted by atomic mass is 10.1. The summed E-state index contributed by atoms with van der Waals surface area (Å²) in [7, 11) is 0. The third-order valence-electron chi connectivity index (χ3n) is 3.17. The van der Waals surface area contributed by atoms with Crippen LogP contribution in [0.15, 0.2) is 48.5 Å². The Kier molecular flexibility index (Phi) is 13.2. The number of carboxylic acid groups (broad SMARTS) is 3. The molecule has 0 saturated carbocycles. The van der Waals surface area contributed by atoms with Crippen LogP contribution in [0.5, 0.6) is 0 Å². The Morgan fingerprint density at radius 2 is 0.839 bits per heavy atom. The van der Waals surface area contributed by atoms with E-state index in [4.69, 9.17) is 30.6 Å². The SMILES string of the molecule is O=C(O)c1ccc(C(=O)O)cc1.O=C(O)c1ccc(C(=O)OCCO)cc1.OCCO.